The predicted octanol–water partition coefficient (Wildman–Crippen LogP) is 4.82. The van der Waals surface area contributed by atoms with Gasteiger partial charge in [0.05, 0.1) is 12.2 Å². The Labute approximate surface area is 141 Å². The summed E-state index contributed by atoms with van der Waals surface area (Å²) >= 11 is 0. The highest BCUT2D eigenvalue weighted by atomic mass is 15.1. The maximum absolute atomic E-state index is 4.72. The van der Waals surface area contributed by atoms with E-state index in [0.717, 1.165) is 24.5 Å². The number of nitrogens with zero attached hydrogens (tertiary/aromatic N) is 3. The van der Waals surface area contributed by atoms with E-state index in [9.17, 15) is 0 Å². The maximum Gasteiger partial charge on any atom is 0.142 e. The fourth-order valence-corrected chi connectivity index (χ4v) is 2.19. The molecule has 0 bridgehead atoms. The molecular weight excluding hydrogens is 282 g/mol. The van der Waals surface area contributed by atoms with Gasteiger partial charge in [0.15, 0.2) is 0 Å². The number of hydrogen-bond donors (Lipinski definition) is 0. The first-order chi connectivity index (χ1) is 11.2. The zero-order chi connectivity index (χ0) is 16.9. The molecule has 1 aromatic rings. The third-order valence-corrected chi connectivity index (χ3v) is 3.49. The second-order valence-corrected chi connectivity index (χ2v) is 5.57. The molecule has 0 saturated carbocycles. The van der Waals surface area contributed by atoms with Crippen molar-refractivity contribution >= 4 is 18.2 Å². The molecular formula is C20H29N3. The van der Waals surface area contributed by atoms with Crippen LogP contribution in [0.5, 0.6) is 0 Å². The van der Waals surface area contributed by atoms with Crippen LogP contribution in [-0.2, 0) is 6.42 Å². The average Bonchev–Trinajstić information content (AvgIpc) is 2.57. The minimum absolute atomic E-state index is 0.686. The Morgan fingerprint density at radius 3 is 2.74 bits per heavy atom. The van der Waals surface area contributed by atoms with Gasteiger partial charge in [-0.3, -0.25) is 4.90 Å². The normalized spacial score (nSPS) is 12.6. The molecule has 0 atom stereocenters. The number of likely N-dealkylation sites (N-methyl/N-ethyl adjacent to an activating group) is 1. The lowest BCUT2D eigenvalue weighted by atomic mass is 10.1. The number of aryl methyl sites for hydroxylation is 1. The Morgan fingerprint density at radius 2 is 2.04 bits per heavy atom. The van der Waals surface area contributed by atoms with Gasteiger partial charge in [-0.1, -0.05) is 55.8 Å². The van der Waals surface area contributed by atoms with Crippen LogP contribution in [0.4, 0.5) is 5.69 Å². The van der Waals surface area contributed by atoms with Crippen LogP contribution in [0.1, 0.15) is 32.3 Å². The van der Waals surface area contributed by atoms with Crippen molar-refractivity contribution in [2.24, 2.45) is 9.98 Å². The average molecular weight is 311 g/mol. The number of amidine groups is 1. The van der Waals surface area contributed by atoms with Crippen molar-refractivity contribution in [1.29, 1.82) is 0 Å². The van der Waals surface area contributed by atoms with Crippen molar-refractivity contribution < 1.29 is 0 Å². The number of unbranched alkanes of at least 4 members (excludes halogenated alkanes) is 1. The molecule has 23 heavy (non-hydrogen) atoms. The molecule has 0 heterocycles. The standard InChI is InChI=1S/C20H29N3/c1-5-7-9-12-16-23(4)17-20(21-3)22-19-15-11-10-14-18(19)13-8-6-2/h5,7,9-12,14-15H,3,6,8,13,16-17H2,1-2,4H3/b7-5-,12-9+,22-20?. The molecule has 0 fully saturated rings. The molecule has 0 aliphatic heterocycles. The summed E-state index contributed by atoms with van der Waals surface area (Å²) in [5.74, 6) is 0.760. The van der Waals surface area contributed by atoms with Crippen molar-refractivity contribution in [2.45, 2.75) is 33.1 Å². The van der Waals surface area contributed by atoms with E-state index in [-0.39, 0.29) is 0 Å². The highest BCUT2D eigenvalue weighted by Crippen LogP contribution is 2.21. The van der Waals surface area contributed by atoms with Gasteiger partial charge in [0.1, 0.15) is 5.84 Å². The predicted molar refractivity (Wildman–Crippen MR) is 103 cm³/mol. The van der Waals surface area contributed by atoms with Crippen molar-refractivity contribution in [2.75, 3.05) is 20.1 Å². The highest BCUT2D eigenvalue weighted by molar-refractivity contribution is 5.90. The van der Waals surface area contributed by atoms with E-state index in [1.54, 1.807) is 0 Å². The third-order valence-electron chi connectivity index (χ3n) is 3.49. The van der Waals surface area contributed by atoms with Crippen LogP contribution < -0.4 is 0 Å². The van der Waals surface area contributed by atoms with Crippen LogP contribution in [0.25, 0.3) is 0 Å². The van der Waals surface area contributed by atoms with Crippen LogP contribution >= 0.6 is 0 Å². The largest absolute Gasteiger partial charge is 0.295 e. The van der Waals surface area contributed by atoms with Crippen LogP contribution in [0.3, 0.4) is 0 Å². The molecule has 0 amide bonds. The Morgan fingerprint density at radius 1 is 1.26 bits per heavy atom. The minimum atomic E-state index is 0.686. The Kier molecular flexibility index (Phi) is 9.57. The van der Waals surface area contributed by atoms with Gasteiger partial charge in [0.25, 0.3) is 0 Å². The minimum Gasteiger partial charge on any atom is -0.295 e. The Hall–Kier alpha value is -2.00. The van der Waals surface area contributed by atoms with E-state index in [1.165, 1.54) is 18.4 Å². The van der Waals surface area contributed by atoms with Gasteiger partial charge in [-0.05, 0) is 45.2 Å². The molecule has 1 rings (SSSR count). The maximum atomic E-state index is 4.72. The summed E-state index contributed by atoms with van der Waals surface area (Å²) in [5, 5.41) is 0. The van der Waals surface area contributed by atoms with E-state index >= 15 is 0 Å². The molecule has 0 N–H and O–H groups in total. The van der Waals surface area contributed by atoms with E-state index in [4.69, 9.17) is 4.99 Å². The molecule has 1 aromatic carbocycles. The molecule has 0 spiro atoms. The molecule has 3 heteroatoms. The first kappa shape index (κ1) is 19.0. The first-order valence-corrected chi connectivity index (χ1v) is 8.29. The number of aliphatic imine (C=N–C) groups is 2. The van der Waals surface area contributed by atoms with Gasteiger partial charge >= 0.3 is 0 Å². The summed E-state index contributed by atoms with van der Waals surface area (Å²) in [4.78, 5) is 11.0. The van der Waals surface area contributed by atoms with Gasteiger partial charge in [-0.15, -0.1) is 0 Å². The van der Waals surface area contributed by atoms with Crippen LogP contribution in [0, 0.1) is 0 Å². The van der Waals surface area contributed by atoms with E-state index in [1.807, 2.05) is 25.1 Å². The molecule has 0 saturated heterocycles. The Bertz CT molecular complexity index is 556. The third kappa shape index (κ3) is 7.71. The number of para-hydroxylation sites is 1. The highest BCUT2D eigenvalue weighted by Gasteiger charge is 2.05. The number of allylic oxidation sites excluding steroid dienone is 3. The monoisotopic (exact) mass is 311 g/mol. The van der Waals surface area contributed by atoms with Crippen molar-refractivity contribution in [3.63, 3.8) is 0 Å². The fraction of sp³-hybridized carbons (Fsp3) is 0.400. The summed E-state index contributed by atoms with van der Waals surface area (Å²) < 4.78 is 0. The Balaban J connectivity index is 2.76. The lowest BCUT2D eigenvalue weighted by Gasteiger charge is -2.14. The number of rotatable bonds is 9. The fourth-order valence-electron chi connectivity index (χ4n) is 2.19. The van der Waals surface area contributed by atoms with Crippen LogP contribution in [-0.4, -0.2) is 37.6 Å². The second-order valence-electron chi connectivity index (χ2n) is 5.57. The number of hydrogen-bond acceptors (Lipinski definition) is 2. The van der Waals surface area contributed by atoms with Gasteiger partial charge in [-0.2, -0.15) is 0 Å². The van der Waals surface area contributed by atoms with E-state index < -0.39 is 0 Å². The smallest absolute Gasteiger partial charge is 0.142 e. The van der Waals surface area contributed by atoms with Gasteiger partial charge in [0.2, 0.25) is 0 Å². The van der Waals surface area contributed by atoms with Crippen molar-refractivity contribution in [1.82, 2.24) is 4.90 Å². The van der Waals surface area contributed by atoms with Gasteiger partial charge < -0.3 is 0 Å². The SMILES string of the molecule is C=NC(CN(C)C/C=C/C=C\C)=Nc1ccccc1CCCC. The molecule has 0 aliphatic carbocycles. The van der Waals surface area contributed by atoms with Gasteiger partial charge in [0, 0.05) is 6.54 Å². The zero-order valence-corrected chi connectivity index (χ0v) is 14.7. The molecule has 0 aromatic heterocycles. The van der Waals surface area contributed by atoms with E-state index in [0.29, 0.717) is 6.54 Å². The quantitative estimate of drug-likeness (QED) is 0.365. The lowest BCUT2D eigenvalue weighted by molar-refractivity contribution is 0.423. The topological polar surface area (TPSA) is 28.0 Å². The summed E-state index contributed by atoms with van der Waals surface area (Å²) in [5.41, 5.74) is 2.30. The molecule has 0 radical (unpaired) electrons. The number of benzene rings is 1. The molecule has 124 valence electrons. The summed E-state index contributed by atoms with van der Waals surface area (Å²) in [6, 6.07) is 8.31. The second kappa shape index (κ2) is 11.6. The van der Waals surface area contributed by atoms with Crippen molar-refractivity contribution in [3.05, 3.63) is 54.1 Å². The summed E-state index contributed by atoms with van der Waals surface area (Å²) in [6.07, 6.45) is 11.6. The molecule has 0 aliphatic rings. The van der Waals surface area contributed by atoms with Gasteiger partial charge in [-0.25, -0.2) is 9.98 Å². The summed E-state index contributed by atoms with van der Waals surface area (Å²) in [6.45, 7) is 9.44. The van der Waals surface area contributed by atoms with Crippen LogP contribution in [0.2, 0.25) is 0 Å². The summed E-state index contributed by atoms with van der Waals surface area (Å²) in [7, 11) is 2.06. The van der Waals surface area contributed by atoms with Crippen LogP contribution in [0.15, 0.2) is 58.6 Å². The van der Waals surface area contributed by atoms with Crippen molar-refractivity contribution in [3.8, 4) is 0 Å². The molecule has 0 unspecified atom stereocenters. The molecule has 3 nitrogen and oxygen atoms in total. The lowest BCUT2D eigenvalue weighted by Crippen LogP contribution is -2.25. The zero-order valence-electron chi connectivity index (χ0n) is 14.7. The van der Waals surface area contributed by atoms with E-state index in [2.05, 4.69) is 60.9 Å². The first-order valence-electron chi connectivity index (χ1n) is 8.29.